The van der Waals surface area contributed by atoms with Crippen LogP contribution in [-0.4, -0.2) is 21.7 Å². The number of hydrogen-bond acceptors (Lipinski definition) is 3. The lowest BCUT2D eigenvalue weighted by molar-refractivity contribution is 0.0969. The average molecular weight is 395 g/mol. The zero-order valence-electron chi connectivity index (χ0n) is 15.6. The molecule has 0 unspecified atom stereocenters. The molecular formula is C22H19F2N3O2. The summed E-state index contributed by atoms with van der Waals surface area (Å²) in [6, 6.07) is 12.4. The van der Waals surface area contributed by atoms with Gasteiger partial charge in [-0.2, -0.15) is 5.10 Å². The van der Waals surface area contributed by atoms with E-state index in [-0.39, 0.29) is 11.7 Å². The third kappa shape index (κ3) is 3.94. The Hall–Kier alpha value is -3.35. The third-order valence-corrected chi connectivity index (χ3v) is 5.12. The van der Waals surface area contributed by atoms with Crippen molar-refractivity contribution < 1.29 is 13.6 Å². The van der Waals surface area contributed by atoms with Crippen molar-refractivity contribution in [2.24, 2.45) is 0 Å². The molecule has 0 radical (unpaired) electrons. The second-order valence-corrected chi connectivity index (χ2v) is 7.04. The predicted octanol–water partition coefficient (Wildman–Crippen LogP) is 4.10. The van der Waals surface area contributed by atoms with Crippen LogP contribution in [0.1, 0.15) is 36.2 Å². The lowest BCUT2D eigenvalue weighted by Gasteiger charge is -2.28. The minimum atomic E-state index is -0.523. The Morgan fingerprint density at radius 3 is 2.14 bits per heavy atom. The van der Waals surface area contributed by atoms with Gasteiger partial charge in [0.1, 0.15) is 11.6 Å². The highest BCUT2D eigenvalue weighted by molar-refractivity contribution is 6.05. The Morgan fingerprint density at radius 2 is 1.52 bits per heavy atom. The van der Waals surface area contributed by atoms with Crippen LogP contribution in [0.2, 0.25) is 0 Å². The highest BCUT2D eigenvalue weighted by atomic mass is 19.1. The molecule has 5 nitrogen and oxygen atoms in total. The maximum atomic E-state index is 13.4. The molecule has 3 aromatic rings. The molecule has 1 aliphatic carbocycles. The highest BCUT2D eigenvalue weighted by Crippen LogP contribution is 2.29. The molecule has 0 bridgehead atoms. The van der Waals surface area contributed by atoms with Gasteiger partial charge in [0.2, 0.25) is 5.43 Å². The molecule has 1 fully saturated rings. The molecule has 0 atom stereocenters. The largest absolute Gasteiger partial charge is 0.304 e. The fourth-order valence-electron chi connectivity index (χ4n) is 3.67. The van der Waals surface area contributed by atoms with Crippen molar-refractivity contribution in [1.82, 2.24) is 9.78 Å². The first-order chi connectivity index (χ1) is 14.0. The molecule has 1 amide bonds. The summed E-state index contributed by atoms with van der Waals surface area (Å²) in [6.07, 6.45) is 5.02. The lowest BCUT2D eigenvalue weighted by atomic mass is 10.1. The van der Waals surface area contributed by atoms with Gasteiger partial charge in [-0.25, -0.2) is 13.5 Å². The van der Waals surface area contributed by atoms with Crippen molar-refractivity contribution in [1.29, 1.82) is 0 Å². The second kappa shape index (κ2) is 7.95. The summed E-state index contributed by atoms with van der Waals surface area (Å²) in [7, 11) is 0. The maximum Gasteiger partial charge on any atom is 0.283 e. The van der Waals surface area contributed by atoms with Gasteiger partial charge in [0, 0.05) is 24.0 Å². The van der Waals surface area contributed by atoms with Crippen LogP contribution in [0.3, 0.4) is 0 Å². The van der Waals surface area contributed by atoms with Crippen molar-refractivity contribution in [2.75, 3.05) is 4.90 Å². The fraction of sp³-hybridized carbons (Fsp3) is 0.227. The third-order valence-electron chi connectivity index (χ3n) is 5.12. The molecule has 0 spiro atoms. The van der Waals surface area contributed by atoms with Crippen LogP contribution in [0, 0.1) is 11.6 Å². The minimum Gasteiger partial charge on any atom is -0.304 e. The zero-order valence-corrected chi connectivity index (χ0v) is 15.6. The van der Waals surface area contributed by atoms with Crippen LogP contribution in [-0.2, 0) is 0 Å². The van der Waals surface area contributed by atoms with Crippen LogP contribution < -0.4 is 10.3 Å². The number of amides is 1. The van der Waals surface area contributed by atoms with E-state index in [0.29, 0.717) is 11.4 Å². The first-order valence-electron chi connectivity index (χ1n) is 9.48. The molecule has 1 saturated carbocycles. The summed E-state index contributed by atoms with van der Waals surface area (Å²) in [4.78, 5) is 27.4. The van der Waals surface area contributed by atoms with E-state index in [9.17, 15) is 18.4 Å². The smallest absolute Gasteiger partial charge is 0.283 e. The molecule has 0 N–H and O–H groups in total. The molecule has 0 saturated heterocycles. The number of nitrogens with zero attached hydrogens (tertiary/aromatic N) is 3. The van der Waals surface area contributed by atoms with Crippen molar-refractivity contribution in [3.05, 3.63) is 88.3 Å². The fourth-order valence-corrected chi connectivity index (χ4v) is 3.67. The zero-order chi connectivity index (χ0) is 20.4. The van der Waals surface area contributed by atoms with Crippen LogP contribution in [0.5, 0.6) is 0 Å². The van der Waals surface area contributed by atoms with Crippen molar-refractivity contribution in [3.8, 4) is 5.69 Å². The molecular weight excluding hydrogens is 376 g/mol. The number of rotatable bonds is 4. The van der Waals surface area contributed by atoms with Gasteiger partial charge in [-0.15, -0.1) is 0 Å². The predicted molar refractivity (Wildman–Crippen MR) is 105 cm³/mol. The first-order valence-corrected chi connectivity index (χ1v) is 9.48. The number of anilines is 1. The van der Waals surface area contributed by atoms with E-state index in [2.05, 4.69) is 5.10 Å². The van der Waals surface area contributed by atoms with E-state index in [1.807, 2.05) is 0 Å². The Kier molecular flexibility index (Phi) is 5.20. The van der Waals surface area contributed by atoms with Gasteiger partial charge in [-0.05, 0) is 61.4 Å². The minimum absolute atomic E-state index is 0.0753. The van der Waals surface area contributed by atoms with E-state index in [1.54, 1.807) is 4.90 Å². The van der Waals surface area contributed by atoms with E-state index >= 15 is 0 Å². The Bertz CT molecular complexity index is 1070. The summed E-state index contributed by atoms with van der Waals surface area (Å²) in [5.74, 6) is -1.32. The van der Waals surface area contributed by atoms with E-state index in [4.69, 9.17) is 0 Å². The first kappa shape index (κ1) is 19.0. The van der Waals surface area contributed by atoms with Gasteiger partial charge in [-0.1, -0.05) is 12.8 Å². The average Bonchev–Trinajstić information content (AvgIpc) is 3.25. The van der Waals surface area contributed by atoms with Crippen LogP contribution in [0.15, 0.2) is 65.6 Å². The molecule has 4 rings (SSSR count). The SMILES string of the molecule is O=C(c1nn(-c2ccc(F)cc2)ccc1=O)N(c1ccc(F)cc1)C1CCCC1. The van der Waals surface area contributed by atoms with Gasteiger partial charge in [0.05, 0.1) is 5.69 Å². The maximum absolute atomic E-state index is 13.4. The Balaban J connectivity index is 1.75. The molecule has 29 heavy (non-hydrogen) atoms. The van der Waals surface area contributed by atoms with Gasteiger partial charge in [0.25, 0.3) is 5.91 Å². The molecule has 148 valence electrons. The van der Waals surface area contributed by atoms with Crippen LogP contribution in [0.25, 0.3) is 5.69 Å². The summed E-state index contributed by atoms with van der Waals surface area (Å²) >= 11 is 0. The lowest BCUT2D eigenvalue weighted by Crippen LogP contribution is -2.42. The summed E-state index contributed by atoms with van der Waals surface area (Å²) in [5, 5.41) is 4.22. The van der Waals surface area contributed by atoms with Crippen molar-refractivity contribution >= 4 is 11.6 Å². The topological polar surface area (TPSA) is 55.2 Å². The number of halogens is 2. The molecule has 0 aliphatic heterocycles. The standard InChI is InChI=1S/C22H19F2N3O2/c23-15-5-9-17(10-6-15)26-14-13-20(28)21(25-26)22(29)27(18-3-1-2-4-18)19-11-7-16(24)8-12-19/h5-14,18H,1-4H2. The molecule has 7 heteroatoms. The number of hydrogen-bond donors (Lipinski definition) is 0. The normalized spacial score (nSPS) is 14.1. The number of benzene rings is 2. The molecule has 1 aromatic heterocycles. The molecule has 1 heterocycles. The number of carbonyl (C=O) groups is 1. The number of carbonyl (C=O) groups excluding carboxylic acids is 1. The number of aromatic nitrogens is 2. The monoisotopic (exact) mass is 395 g/mol. The second-order valence-electron chi connectivity index (χ2n) is 7.04. The summed E-state index contributed by atoms with van der Waals surface area (Å²) in [5.41, 5.74) is 0.322. The van der Waals surface area contributed by atoms with Crippen molar-refractivity contribution in [3.63, 3.8) is 0 Å². The van der Waals surface area contributed by atoms with E-state index in [0.717, 1.165) is 25.7 Å². The van der Waals surface area contributed by atoms with Crippen molar-refractivity contribution in [2.45, 2.75) is 31.7 Å². The Morgan fingerprint density at radius 1 is 0.931 bits per heavy atom. The van der Waals surface area contributed by atoms with Gasteiger partial charge in [-0.3, -0.25) is 9.59 Å². The summed E-state index contributed by atoms with van der Waals surface area (Å²) < 4.78 is 28.0. The highest BCUT2D eigenvalue weighted by Gasteiger charge is 2.31. The van der Waals surface area contributed by atoms with Gasteiger partial charge >= 0.3 is 0 Å². The molecule has 1 aliphatic rings. The van der Waals surface area contributed by atoms with Crippen LogP contribution >= 0.6 is 0 Å². The quantitative estimate of drug-likeness (QED) is 0.668. The van der Waals surface area contributed by atoms with Gasteiger partial charge in [0.15, 0.2) is 5.69 Å². The van der Waals surface area contributed by atoms with Crippen LogP contribution in [0.4, 0.5) is 14.5 Å². The molecule has 2 aromatic carbocycles. The summed E-state index contributed by atoms with van der Waals surface area (Å²) in [6.45, 7) is 0. The van der Waals surface area contributed by atoms with E-state index in [1.165, 1.54) is 65.5 Å². The van der Waals surface area contributed by atoms with Gasteiger partial charge < -0.3 is 4.90 Å². The van der Waals surface area contributed by atoms with E-state index < -0.39 is 23.0 Å². The Labute approximate surface area is 166 Å².